The summed E-state index contributed by atoms with van der Waals surface area (Å²) in [5.74, 6) is 0.402. The molecule has 0 radical (unpaired) electrons. The fourth-order valence-corrected chi connectivity index (χ4v) is 3.45. The molecule has 1 aromatic rings. The zero-order valence-electron chi connectivity index (χ0n) is 12.5. The van der Waals surface area contributed by atoms with Gasteiger partial charge in [0.1, 0.15) is 6.10 Å². The Bertz CT molecular complexity index is 506. The van der Waals surface area contributed by atoms with Crippen molar-refractivity contribution in [2.24, 2.45) is 7.05 Å². The molecule has 0 amide bonds. The van der Waals surface area contributed by atoms with Gasteiger partial charge in [-0.25, -0.2) is 4.68 Å². The first-order valence-corrected chi connectivity index (χ1v) is 8.51. The molecule has 2 aliphatic rings. The highest BCUT2D eigenvalue weighted by molar-refractivity contribution is 7.99. The molecule has 3 rings (SSSR count). The largest absolute Gasteiger partial charge is 0.461 e. The number of ether oxygens (including phenoxy) is 3. The number of rotatable bonds is 5. The topological polar surface area (TPSA) is 88.4 Å². The third-order valence-corrected chi connectivity index (χ3v) is 4.82. The maximum absolute atomic E-state index is 11.8. The van der Waals surface area contributed by atoms with Crippen LogP contribution in [0.5, 0.6) is 0 Å². The van der Waals surface area contributed by atoms with Crippen molar-refractivity contribution in [3.63, 3.8) is 0 Å². The summed E-state index contributed by atoms with van der Waals surface area (Å²) in [5, 5.41) is 12.0. The van der Waals surface area contributed by atoms with Crippen LogP contribution in [-0.2, 0) is 26.1 Å². The SMILES string of the molecule is Cn1nnnc1SC[C@@H]1CC(OC2CCCCO2)CC(=O)O1. The molecule has 3 heterocycles. The Kier molecular flexibility index (Phi) is 5.27. The summed E-state index contributed by atoms with van der Waals surface area (Å²) in [6, 6.07) is 0. The number of aromatic nitrogens is 4. The predicted molar refractivity (Wildman–Crippen MR) is 77.1 cm³/mol. The molecule has 8 nitrogen and oxygen atoms in total. The lowest BCUT2D eigenvalue weighted by molar-refractivity contribution is -0.207. The Morgan fingerprint density at radius 3 is 3.09 bits per heavy atom. The molecule has 0 aliphatic carbocycles. The molecule has 2 unspecified atom stereocenters. The van der Waals surface area contributed by atoms with E-state index in [0.717, 1.165) is 25.9 Å². The van der Waals surface area contributed by atoms with Crippen molar-refractivity contribution in [1.29, 1.82) is 0 Å². The minimum Gasteiger partial charge on any atom is -0.461 e. The number of carbonyl (C=O) groups excluding carboxylic acids is 1. The van der Waals surface area contributed by atoms with Crippen molar-refractivity contribution in [1.82, 2.24) is 20.2 Å². The van der Waals surface area contributed by atoms with Gasteiger partial charge in [-0.1, -0.05) is 11.8 Å². The van der Waals surface area contributed by atoms with Crippen molar-refractivity contribution < 1.29 is 19.0 Å². The fourth-order valence-electron chi connectivity index (χ4n) is 2.59. The summed E-state index contributed by atoms with van der Waals surface area (Å²) in [4.78, 5) is 11.8. The summed E-state index contributed by atoms with van der Waals surface area (Å²) in [5.41, 5.74) is 0. The fraction of sp³-hybridized carbons (Fsp3) is 0.846. The van der Waals surface area contributed by atoms with Gasteiger partial charge in [0.15, 0.2) is 6.29 Å². The number of hydrogen-bond acceptors (Lipinski definition) is 8. The van der Waals surface area contributed by atoms with Crippen molar-refractivity contribution in [3.8, 4) is 0 Å². The standard InChI is InChI=1S/C13H20N4O4S/c1-17-13(14-15-16-17)22-8-10-6-9(7-11(18)20-10)21-12-4-2-3-5-19-12/h9-10,12H,2-8H2,1H3/t9?,10-,12?/m0/s1. The Labute approximate surface area is 132 Å². The molecular weight excluding hydrogens is 308 g/mol. The van der Waals surface area contributed by atoms with Gasteiger partial charge >= 0.3 is 5.97 Å². The highest BCUT2D eigenvalue weighted by Gasteiger charge is 2.32. The zero-order valence-corrected chi connectivity index (χ0v) is 13.3. The smallest absolute Gasteiger partial charge is 0.308 e. The molecule has 0 spiro atoms. The van der Waals surface area contributed by atoms with Crippen molar-refractivity contribution in [3.05, 3.63) is 0 Å². The van der Waals surface area contributed by atoms with Crippen LogP contribution in [0.2, 0.25) is 0 Å². The van der Waals surface area contributed by atoms with Gasteiger partial charge in [0.25, 0.3) is 0 Å². The molecule has 2 aliphatic heterocycles. The Balaban J connectivity index is 1.49. The zero-order chi connectivity index (χ0) is 15.4. The summed E-state index contributed by atoms with van der Waals surface area (Å²) >= 11 is 1.47. The van der Waals surface area contributed by atoms with Crippen LogP contribution in [0.15, 0.2) is 5.16 Å². The Morgan fingerprint density at radius 1 is 1.45 bits per heavy atom. The lowest BCUT2D eigenvalue weighted by atomic mass is 10.1. The summed E-state index contributed by atoms with van der Waals surface area (Å²) in [7, 11) is 1.78. The highest BCUT2D eigenvalue weighted by atomic mass is 32.2. The number of carbonyl (C=O) groups is 1. The van der Waals surface area contributed by atoms with E-state index in [4.69, 9.17) is 14.2 Å². The third-order valence-electron chi connectivity index (χ3n) is 3.68. The Morgan fingerprint density at radius 2 is 2.36 bits per heavy atom. The minimum atomic E-state index is -0.214. The van der Waals surface area contributed by atoms with E-state index in [1.54, 1.807) is 11.7 Å². The van der Waals surface area contributed by atoms with Crippen LogP contribution in [-0.4, -0.2) is 57.0 Å². The molecule has 0 bridgehead atoms. The van der Waals surface area contributed by atoms with E-state index in [0.29, 0.717) is 23.8 Å². The first-order chi connectivity index (χ1) is 10.7. The van der Waals surface area contributed by atoms with Crippen LogP contribution in [0.1, 0.15) is 32.1 Å². The van der Waals surface area contributed by atoms with Crippen LogP contribution in [0.4, 0.5) is 0 Å². The predicted octanol–water partition coefficient (Wildman–Crippen LogP) is 0.920. The van der Waals surface area contributed by atoms with E-state index in [1.807, 2.05) is 0 Å². The van der Waals surface area contributed by atoms with Crippen LogP contribution in [0, 0.1) is 0 Å². The van der Waals surface area contributed by atoms with Crippen LogP contribution >= 0.6 is 11.8 Å². The second-order valence-electron chi connectivity index (χ2n) is 5.50. The third kappa shape index (κ3) is 4.17. The summed E-state index contributed by atoms with van der Waals surface area (Å²) in [6.45, 7) is 0.736. The van der Waals surface area contributed by atoms with E-state index in [1.165, 1.54) is 11.8 Å². The molecule has 0 aromatic carbocycles. The number of nitrogens with zero attached hydrogens (tertiary/aromatic N) is 4. The van der Waals surface area contributed by atoms with Crippen LogP contribution in [0.25, 0.3) is 0 Å². The van der Waals surface area contributed by atoms with E-state index in [-0.39, 0.29) is 24.5 Å². The summed E-state index contributed by atoms with van der Waals surface area (Å²) in [6.07, 6.45) is 3.58. The number of aryl methyl sites for hydroxylation is 1. The molecule has 22 heavy (non-hydrogen) atoms. The van der Waals surface area contributed by atoms with Gasteiger partial charge in [-0.15, -0.1) is 5.10 Å². The number of cyclic esters (lactones) is 1. The van der Waals surface area contributed by atoms with E-state index in [2.05, 4.69) is 15.5 Å². The monoisotopic (exact) mass is 328 g/mol. The van der Waals surface area contributed by atoms with Gasteiger partial charge in [0.2, 0.25) is 5.16 Å². The quantitative estimate of drug-likeness (QED) is 0.582. The van der Waals surface area contributed by atoms with Crippen molar-refractivity contribution in [2.75, 3.05) is 12.4 Å². The number of hydrogen-bond donors (Lipinski definition) is 0. The first-order valence-electron chi connectivity index (χ1n) is 7.52. The van der Waals surface area contributed by atoms with Gasteiger partial charge in [0, 0.05) is 25.8 Å². The lowest BCUT2D eigenvalue weighted by Crippen LogP contribution is -2.38. The number of thioether (sulfide) groups is 1. The second kappa shape index (κ2) is 7.38. The average molecular weight is 328 g/mol. The molecule has 9 heteroatoms. The van der Waals surface area contributed by atoms with Crippen molar-refractivity contribution >= 4 is 17.7 Å². The maximum Gasteiger partial charge on any atom is 0.308 e. The molecular formula is C13H20N4O4S. The van der Waals surface area contributed by atoms with Gasteiger partial charge in [-0.05, 0) is 29.7 Å². The minimum absolute atomic E-state index is 0.132. The maximum atomic E-state index is 11.8. The van der Waals surface area contributed by atoms with E-state index >= 15 is 0 Å². The summed E-state index contributed by atoms with van der Waals surface area (Å²) < 4.78 is 18.5. The van der Waals surface area contributed by atoms with Gasteiger partial charge in [-0.2, -0.15) is 0 Å². The lowest BCUT2D eigenvalue weighted by Gasteiger charge is -2.32. The molecule has 122 valence electrons. The molecule has 3 atom stereocenters. The molecule has 0 saturated carbocycles. The van der Waals surface area contributed by atoms with Crippen LogP contribution in [0.3, 0.4) is 0 Å². The number of tetrazole rings is 1. The Hall–Kier alpha value is -1.19. The van der Waals surface area contributed by atoms with Gasteiger partial charge < -0.3 is 14.2 Å². The average Bonchev–Trinajstić information content (AvgIpc) is 2.91. The van der Waals surface area contributed by atoms with E-state index < -0.39 is 0 Å². The van der Waals surface area contributed by atoms with Gasteiger partial charge in [-0.3, -0.25) is 4.79 Å². The van der Waals surface area contributed by atoms with Gasteiger partial charge in [0.05, 0.1) is 12.5 Å². The molecule has 2 saturated heterocycles. The van der Waals surface area contributed by atoms with Crippen LogP contribution < -0.4 is 0 Å². The van der Waals surface area contributed by atoms with E-state index in [9.17, 15) is 4.79 Å². The molecule has 2 fully saturated rings. The van der Waals surface area contributed by atoms with Crippen molar-refractivity contribution in [2.45, 2.75) is 55.8 Å². The highest BCUT2D eigenvalue weighted by Crippen LogP contribution is 2.26. The second-order valence-corrected chi connectivity index (χ2v) is 6.49. The normalized spacial score (nSPS) is 29.3. The molecule has 1 aromatic heterocycles. The molecule has 0 N–H and O–H groups in total. The number of esters is 1. The first kappa shape index (κ1) is 15.7.